The Hall–Kier alpha value is -5.61. The molecule has 24 heterocycles. The third-order valence-corrected chi connectivity index (χ3v) is 36.7. The van der Waals surface area contributed by atoms with Crippen LogP contribution < -0.4 is 0 Å². The van der Waals surface area contributed by atoms with Gasteiger partial charge in [-0.15, -0.1) is 0 Å². The fourth-order valence-electron chi connectivity index (χ4n) is 22.8. The van der Waals surface area contributed by atoms with Gasteiger partial charge in [-0.2, -0.15) is 0 Å². The molecule has 0 aromatic heterocycles. The van der Waals surface area contributed by atoms with Crippen LogP contribution >= 0.6 is 0 Å². The zero-order chi connectivity index (χ0) is 68.6. The summed E-state index contributed by atoms with van der Waals surface area (Å²) in [5, 5.41) is 0. The van der Waals surface area contributed by atoms with Gasteiger partial charge < -0.3 is 56.8 Å². The fourth-order valence-corrected chi connectivity index (χ4v) is 36.9. The summed E-state index contributed by atoms with van der Waals surface area (Å²) in [6, 6.07) is 0. The van der Waals surface area contributed by atoms with Gasteiger partial charge in [0.1, 0.15) is 65.3 Å². The predicted octanol–water partition coefficient (Wildman–Crippen LogP) is -4.16. The van der Waals surface area contributed by atoms with Crippen molar-refractivity contribution in [2.45, 2.75) is 112 Å². The summed E-state index contributed by atoms with van der Waals surface area (Å²) >= 11 is 0. The SMILES string of the molecule is C=C1OC(=O)C23CS(=O)(=O)CC12C1CCC3O1.O=C1OC(=O)C23CS(=O)(=O)CC12C1C=CC3O1.O=C1OC(=O)C23CS(=O)CC12C1C=CC3O1.O=C1OC(=O)C23CS(=O)CC12C1C=CC3O1.O=C1OC(=O)C23CS(=O)CC12C1CCC3O1.O=C1OC(=O)C23CS(=O)CC12C1CCC3O1. The summed E-state index contributed by atoms with van der Waals surface area (Å²) in [4.78, 5) is 131. The molecular weight excluding hydrogens is 1420 g/mol. The van der Waals surface area contributed by atoms with E-state index in [-0.39, 0.29) is 106 Å². The Balaban J connectivity index is 0.0000000824. The van der Waals surface area contributed by atoms with Crippen LogP contribution in [-0.4, -0.2) is 242 Å². The highest BCUT2D eigenvalue weighted by Crippen LogP contribution is 2.73. The summed E-state index contributed by atoms with van der Waals surface area (Å²) in [6.07, 6.45) is 10.4. The average Bonchev–Trinajstić information content (AvgIpc) is 1.52. The van der Waals surface area contributed by atoms with Gasteiger partial charge in [0.25, 0.3) is 0 Å². The first-order chi connectivity index (χ1) is 46.3. The van der Waals surface area contributed by atoms with Crippen LogP contribution in [0.3, 0.4) is 0 Å². The van der Waals surface area contributed by atoms with Crippen LogP contribution in [0.15, 0.2) is 48.8 Å². The van der Waals surface area contributed by atoms with Crippen molar-refractivity contribution in [3.63, 3.8) is 0 Å². The van der Waals surface area contributed by atoms with Gasteiger partial charge in [0.05, 0.1) is 102 Å². The Morgan fingerprint density at radius 2 is 0.469 bits per heavy atom. The Kier molecular flexibility index (Phi) is 12.3. The van der Waals surface area contributed by atoms with E-state index in [9.17, 15) is 86.4 Å². The lowest BCUT2D eigenvalue weighted by atomic mass is 9.58. The zero-order valence-electron chi connectivity index (χ0n) is 50.9. The van der Waals surface area contributed by atoms with Crippen LogP contribution in [0.4, 0.5) is 0 Å². The molecule has 0 aromatic carbocycles. The molecule has 0 saturated carbocycles. The lowest BCUT2D eigenvalue weighted by Gasteiger charge is -2.34. The molecule has 21 saturated heterocycles. The van der Waals surface area contributed by atoms with Crippen molar-refractivity contribution in [3.8, 4) is 0 Å². The number of sulfone groups is 2. The van der Waals surface area contributed by atoms with Crippen molar-refractivity contribution in [3.05, 3.63) is 48.8 Å². The van der Waals surface area contributed by atoms with E-state index < -0.39 is 230 Å². The van der Waals surface area contributed by atoms with Crippen LogP contribution in [0, 0.1) is 65.0 Å². The van der Waals surface area contributed by atoms with Gasteiger partial charge in [-0.3, -0.25) is 69.6 Å². The summed E-state index contributed by atoms with van der Waals surface area (Å²) in [7, 11) is -11.1. The maximum atomic E-state index is 12.1. The van der Waals surface area contributed by atoms with Crippen molar-refractivity contribution >= 4 is 129 Å². The monoisotopic (exact) mass is 1480 g/mol. The van der Waals surface area contributed by atoms with Gasteiger partial charge >= 0.3 is 65.7 Å². The number of hydrogen-bond donors (Lipinski definition) is 0. The van der Waals surface area contributed by atoms with Crippen molar-refractivity contribution in [1.82, 2.24) is 0 Å². The molecule has 0 N–H and O–H groups in total. The second kappa shape index (κ2) is 19.0. The number of fused-ring (bicyclic) bond motifs is 12. The lowest BCUT2D eigenvalue weighted by molar-refractivity contribution is -0.161. The largest absolute Gasteiger partial charge is 0.430 e. The molecule has 24 unspecified atom stereocenters. The van der Waals surface area contributed by atoms with Crippen molar-refractivity contribution in [1.29, 1.82) is 0 Å². The van der Waals surface area contributed by atoms with E-state index in [4.69, 9.17) is 52.1 Å². The Morgan fingerprint density at radius 1 is 0.276 bits per heavy atom. The minimum Gasteiger partial charge on any atom is -0.430 e. The molecule has 24 atom stereocenters. The highest BCUT2D eigenvalue weighted by atomic mass is 32.2. The number of ether oxygens (including phenoxy) is 12. The van der Waals surface area contributed by atoms with Crippen LogP contribution in [0.1, 0.15) is 38.5 Å². The zero-order valence-corrected chi connectivity index (χ0v) is 55.8. The molecule has 24 aliphatic heterocycles. The molecular formula is C61H56O31S6. The predicted molar refractivity (Wildman–Crippen MR) is 316 cm³/mol. The van der Waals surface area contributed by atoms with E-state index in [1.165, 1.54) is 0 Å². The fraction of sp³-hybridized carbons (Fsp3) is 0.689. The standard InChI is InChI=1S/C11H12O5S.C10H8O6S.2C10H10O5S.2C10H8O5S/c1-6-10-4-17(13,14)5-11(10,9(12)15-6)8-3-2-7(10)16-8;11-7-9-3-17(13,14)4-10(9,8(12)16-7)6-2-1-5(9)15-6;4*11-7-9-3-16(13)4-10(9,8(12)15-7)6-2-1-5(9)14-6/h7-8H,1-5H2;1-2,5-6H,3-4H2;2*5-6H,1-4H2;2*1-2,5-6H,3-4H2. The number of carbonyl (C=O) groups is 11. The summed E-state index contributed by atoms with van der Waals surface area (Å²) < 4.78 is 158. The summed E-state index contributed by atoms with van der Waals surface area (Å²) in [5.41, 5.74) is -12.2. The quantitative estimate of drug-likeness (QED) is 0.0961. The van der Waals surface area contributed by atoms with Gasteiger partial charge in [-0.25, -0.2) is 16.8 Å². The van der Waals surface area contributed by atoms with Gasteiger partial charge in [0.15, 0.2) is 19.7 Å². The van der Waals surface area contributed by atoms with Crippen molar-refractivity contribution in [2.24, 2.45) is 65.0 Å². The molecule has 24 aliphatic rings. The third-order valence-electron chi connectivity index (χ3n) is 26.9. The molecule has 24 rings (SSSR count). The van der Waals surface area contributed by atoms with E-state index in [1.54, 1.807) is 36.5 Å². The maximum Gasteiger partial charge on any atom is 0.325 e. The lowest BCUT2D eigenvalue weighted by Crippen LogP contribution is -2.51. The topological polar surface area (TPSA) is 435 Å². The maximum absolute atomic E-state index is 12.1. The molecule has 0 spiro atoms. The molecule has 98 heavy (non-hydrogen) atoms. The smallest absolute Gasteiger partial charge is 0.325 e. The Morgan fingerprint density at radius 3 is 0.745 bits per heavy atom. The van der Waals surface area contributed by atoms with Gasteiger partial charge in [-0.05, 0) is 38.5 Å². The molecule has 522 valence electrons. The first kappa shape index (κ1) is 63.3. The molecule has 31 nitrogen and oxygen atoms in total. The minimum atomic E-state index is -3.42. The second-order valence-electron chi connectivity index (χ2n) is 30.0. The van der Waals surface area contributed by atoms with Gasteiger partial charge in [0.2, 0.25) is 0 Å². The molecule has 0 amide bonds. The molecule has 12 bridgehead atoms. The molecule has 21 fully saturated rings. The first-order valence-corrected chi connectivity index (χ1v) is 41.4. The number of cyclic esters (lactones) is 11. The molecule has 37 heteroatoms. The summed E-state index contributed by atoms with van der Waals surface area (Å²) in [5.74, 6) is -5.10. The van der Waals surface area contributed by atoms with Crippen LogP contribution in [0.5, 0.6) is 0 Å². The van der Waals surface area contributed by atoms with Gasteiger partial charge in [-0.1, -0.05) is 43.0 Å². The Bertz CT molecular complexity index is 4090. The first-order valence-electron chi connectivity index (χ1n) is 31.8. The minimum absolute atomic E-state index is 0.0499. The third kappa shape index (κ3) is 6.46. The van der Waals surface area contributed by atoms with Gasteiger partial charge in [0, 0.05) is 89.2 Å². The van der Waals surface area contributed by atoms with E-state index in [0.717, 1.165) is 38.5 Å². The highest BCUT2D eigenvalue weighted by molar-refractivity contribution is 7.92. The highest BCUT2D eigenvalue weighted by Gasteiger charge is 2.90. The number of carbonyl (C=O) groups excluding carboxylic acids is 11. The molecule has 0 radical (unpaired) electrons. The summed E-state index contributed by atoms with van der Waals surface area (Å²) in [6.45, 7) is 3.77. The van der Waals surface area contributed by atoms with E-state index in [0.29, 0.717) is 5.76 Å². The Labute approximate surface area is 563 Å². The van der Waals surface area contributed by atoms with E-state index in [1.807, 2.05) is 0 Å². The molecule has 0 aliphatic carbocycles. The molecule has 0 aromatic rings. The van der Waals surface area contributed by atoms with E-state index >= 15 is 0 Å². The number of rotatable bonds is 0. The average molecular weight is 1480 g/mol. The second-order valence-corrected chi connectivity index (χ2v) is 39.9. The van der Waals surface area contributed by atoms with Crippen LogP contribution in [0.25, 0.3) is 0 Å². The van der Waals surface area contributed by atoms with Crippen LogP contribution in [0.2, 0.25) is 0 Å². The van der Waals surface area contributed by atoms with Crippen molar-refractivity contribution in [2.75, 3.05) is 69.0 Å². The normalized spacial score (nSPS) is 55.8. The number of hydrogen-bond acceptors (Lipinski definition) is 31. The van der Waals surface area contributed by atoms with E-state index in [2.05, 4.69) is 11.3 Å². The number of esters is 11. The van der Waals surface area contributed by atoms with Crippen molar-refractivity contribution < 1.29 is 143 Å². The van der Waals surface area contributed by atoms with Crippen LogP contribution in [-0.2, 0) is 172 Å².